The van der Waals surface area contributed by atoms with E-state index < -0.39 is 41.8 Å². The molecule has 1 aromatic heterocycles. The molecular weight excluding hydrogens is 490 g/mol. The Hall–Kier alpha value is -4.54. The third-order valence-electron chi connectivity index (χ3n) is 7.04. The van der Waals surface area contributed by atoms with Crippen LogP contribution in [0.5, 0.6) is 11.5 Å². The van der Waals surface area contributed by atoms with Crippen LogP contribution in [0.15, 0.2) is 48.5 Å². The Labute approximate surface area is 218 Å². The molecule has 0 radical (unpaired) electrons. The van der Waals surface area contributed by atoms with Crippen molar-refractivity contribution in [3.05, 3.63) is 59.8 Å². The van der Waals surface area contributed by atoms with E-state index in [2.05, 4.69) is 20.9 Å². The van der Waals surface area contributed by atoms with E-state index in [0.717, 1.165) is 5.56 Å². The Morgan fingerprint density at radius 3 is 2.68 bits per heavy atom. The molecule has 3 heterocycles. The Balaban J connectivity index is 1.38. The summed E-state index contributed by atoms with van der Waals surface area (Å²) in [5, 5.41) is 8.86. The zero-order chi connectivity index (χ0) is 26.8. The van der Waals surface area contributed by atoms with Crippen LogP contribution < -0.4 is 31.2 Å². The molecular formula is C27H29N5O6. The number of fused-ring (bicyclic) bond motifs is 2. The highest BCUT2D eigenvalue weighted by Gasteiger charge is 2.39. The summed E-state index contributed by atoms with van der Waals surface area (Å²) in [5.41, 5.74) is 7.40. The number of amides is 4. The number of H-pyrrole nitrogens is 1. The lowest BCUT2D eigenvalue weighted by atomic mass is 9.97. The van der Waals surface area contributed by atoms with Crippen LogP contribution in [0.2, 0.25) is 0 Å². The van der Waals surface area contributed by atoms with E-state index in [1.54, 1.807) is 31.4 Å². The predicted octanol–water partition coefficient (Wildman–Crippen LogP) is 0.775. The molecule has 0 spiro atoms. The number of para-hydroxylation sites is 1. The lowest BCUT2D eigenvalue weighted by molar-refractivity contribution is -0.131. The average Bonchev–Trinajstić information content (AvgIpc) is 3.64. The number of benzene rings is 2. The fourth-order valence-corrected chi connectivity index (χ4v) is 5.03. The van der Waals surface area contributed by atoms with Gasteiger partial charge in [-0.2, -0.15) is 0 Å². The minimum Gasteiger partial charge on any atom is -0.496 e. The van der Waals surface area contributed by atoms with Crippen molar-refractivity contribution in [3.63, 3.8) is 0 Å². The number of rotatable bonds is 9. The smallest absolute Gasteiger partial charge is 0.268 e. The maximum absolute atomic E-state index is 13.5. The average molecular weight is 520 g/mol. The van der Waals surface area contributed by atoms with Gasteiger partial charge in [-0.15, -0.1) is 0 Å². The maximum Gasteiger partial charge on any atom is 0.268 e. The number of methoxy groups -OCH3 is 1. The molecule has 2 aliphatic rings. The van der Waals surface area contributed by atoms with E-state index in [1.165, 1.54) is 0 Å². The van der Waals surface area contributed by atoms with Crippen LogP contribution in [-0.2, 0) is 20.8 Å². The second-order valence-corrected chi connectivity index (χ2v) is 9.50. The molecule has 4 amide bonds. The van der Waals surface area contributed by atoms with Crippen LogP contribution in [0.1, 0.15) is 28.9 Å². The summed E-state index contributed by atoms with van der Waals surface area (Å²) >= 11 is 0. The molecule has 198 valence electrons. The molecule has 0 saturated carbocycles. The van der Waals surface area contributed by atoms with Crippen LogP contribution in [0.4, 0.5) is 0 Å². The van der Waals surface area contributed by atoms with Gasteiger partial charge in [0.2, 0.25) is 17.7 Å². The standard InChI is InChI=1S/C27H29N5O6/c1-37-21-8-4-6-17-16(21)13-19(30-17)26(35)32-23(22-12-14-5-2-3-7-20(14)38-22)27(36)31-18(24(28)33)11-15-9-10-29-25(15)34/h2-8,13,15,18,22-23,30H,9-12H2,1H3,(H2,28,33)(H,29,34)(H,31,36)(H,32,35)/t15?,18?,22?,23-/m0/s1. The largest absolute Gasteiger partial charge is 0.496 e. The van der Waals surface area contributed by atoms with Gasteiger partial charge in [-0.05, 0) is 42.7 Å². The van der Waals surface area contributed by atoms with Crippen molar-refractivity contribution in [2.75, 3.05) is 13.7 Å². The van der Waals surface area contributed by atoms with Gasteiger partial charge in [-0.3, -0.25) is 19.2 Å². The van der Waals surface area contributed by atoms with E-state index >= 15 is 0 Å². The second kappa shape index (κ2) is 10.4. The van der Waals surface area contributed by atoms with Gasteiger partial charge in [0.1, 0.15) is 35.4 Å². The highest BCUT2D eigenvalue weighted by molar-refractivity contribution is 6.02. The summed E-state index contributed by atoms with van der Waals surface area (Å²) in [6, 6.07) is 12.2. The molecule has 4 atom stereocenters. The molecule has 0 aliphatic carbocycles. The predicted molar refractivity (Wildman–Crippen MR) is 138 cm³/mol. The number of aromatic amines is 1. The van der Waals surface area contributed by atoms with Gasteiger partial charge >= 0.3 is 0 Å². The summed E-state index contributed by atoms with van der Waals surface area (Å²) in [4.78, 5) is 54.2. The van der Waals surface area contributed by atoms with Crippen molar-refractivity contribution in [1.29, 1.82) is 0 Å². The monoisotopic (exact) mass is 519 g/mol. The first-order valence-electron chi connectivity index (χ1n) is 12.4. The van der Waals surface area contributed by atoms with Crippen molar-refractivity contribution in [1.82, 2.24) is 20.9 Å². The van der Waals surface area contributed by atoms with E-state index in [0.29, 0.717) is 41.8 Å². The zero-order valence-electron chi connectivity index (χ0n) is 20.8. The number of ether oxygens (including phenoxy) is 2. The van der Waals surface area contributed by atoms with E-state index in [4.69, 9.17) is 15.2 Å². The molecule has 5 rings (SSSR count). The Bertz CT molecular complexity index is 1380. The summed E-state index contributed by atoms with van der Waals surface area (Å²) in [6.07, 6.45) is 0.269. The number of aromatic nitrogens is 1. The number of primary amides is 1. The molecule has 3 unspecified atom stereocenters. The summed E-state index contributed by atoms with van der Waals surface area (Å²) in [7, 11) is 1.54. The molecule has 2 aliphatic heterocycles. The molecule has 11 heteroatoms. The molecule has 1 fully saturated rings. The number of nitrogens with two attached hydrogens (primary N) is 1. The third-order valence-corrected chi connectivity index (χ3v) is 7.04. The minimum absolute atomic E-state index is 0.0706. The van der Waals surface area contributed by atoms with Crippen molar-refractivity contribution >= 4 is 34.5 Å². The highest BCUT2D eigenvalue weighted by Crippen LogP contribution is 2.30. The molecule has 38 heavy (non-hydrogen) atoms. The number of hydrogen-bond donors (Lipinski definition) is 5. The molecule has 11 nitrogen and oxygen atoms in total. The molecule has 0 bridgehead atoms. The second-order valence-electron chi connectivity index (χ2n) is 9.50. The van der Waals surface area contributed by atoms with Gasteiger partial charge in [0, 0.05) is 29.8 Å². The zero-order valence-corrected chi connectivity index (χ0v) is 20.8. The molecule has 2 aromatic carbocycles. The van der Waals surface area contributed by atoms with Crippen LogP contribution in [-0.4, -0.2) is 60.5 Å². The summed E-state index contributed by atoms with van der Waals surface area (Å²) < 4.78 is 11.4. The van der Waals surface area contributed by atoms with Gasteiger partial charge < -0.3 is 36.1 Å². The topological polar surface area (TPSA) is 165 Å². The first-order valence-corrected chi connectivity index (χ1v) is 12.4. The summed E-state index contributed by atoms with van der Waals surface area (Å²) in [5.74, 6) is -1.33. The highest BCUT2D eigenvalue weighted by atomic mass is 16.5. The van der Waals surface area contributed by atoms with E-state index in [-0.39, 0.29) is 18.0 Å². The fraction of sp³-hybridized carbons (Fsp3) is 0.333. The van der Waals surface area contributed by atoms with Crippen molar-refractivity contribution in [2.24, 2.45) is 11.7 Å². The molecule has 6 N–H and O–H groups in total. The van der Waals surface area contributed by atoms with Crippen molar-refractivity contribution in [2.45, 2.75) is 37.5 Å². The quantitative estimate of drug-likeness (QED) is 0.280. The third kappa shape index (κ3) is 4.99. The Morgan fingerprint density at radius 1 is 1.16 bits per heavy atom. The SMILES string of the molecule is COc1cccc2[nH]c(C(=O)N[C@H](C(=O)NC(CC3CCNC3=O)C(N)=O)C3Cc4ccccc4O3)cc12. The lowest BCUT2D eigenvalue weighted by Crippen LogP contribution is -2.58. The number of carbonyl (C=O) groups excluding carboxylic acids is 4. The lowest BCUT2D eigenvalue weighted by Gasteiger charge is -2.26. The van der Waals surface area contributed by atoms with E-state index in [9.17, 15) is 19.2 Å². The number of carbonyl (C=O) groups is 4. The first-order chi connectivity index (χ1) is 18.3. The first kappa shape index (κ1) is 25.1. The normalized spacial score (nSPS) is 19.7. The van der Waals surface area contributed by atoms with Crippen LogP contribution >= 0.6 is 0 Å². The van der Waals surface area contributed by atoms with Gasteiger partial charge in [-0.1, -0.05) is 24.3 Å². The maximum atomic E-state index is 13.5. The van der Waals surface area contributed by atoms with Crippen molar-refractivity contribution < 1.29 is 28.7 Å². The minimum atomic E-state index is -1.15. The fourth-order valence-electron chi connectivity index (χ4n) is 5.03. The van der Waals surface area contributed by atoms with Crippen LogP contribution in [0.25, 0.3) is 10.9 Å². The molecule has 1 saturated heterocycles. The molecule has 3 aromatic rings. The van der Waals surface area contributed by atoms with Gasteiger partial charge in [0.05, 0.1) is 7.11 Å². The van der Waals surface area contributed by atoms with Crippen LogP contribution in [0.3, 0.4) is 0 Å². The Kier molecular flexibility index (Phi) is 6.91. The number of hydrogen-bond acceptors (Lipinski definition) is 6. The van der Waals surface area contributed by atoms with E-state index in [1.807, 2.05) is 24.3 Å². The summed E-state index contributed by atoms with van der Waals surface area (Å²) in [6.45, 7) is 0.505. The van der Waals surface area contributed by atoms with Gasteiger partial charge in [0.15, 0.2) is 0 Å². The van der Waals surface area contributed by atoms with Gasteiger partial charge in [0.25, 0.3) is 5.91 Å². The van der Waals surface area contributed by atoms with Crippen molar-refractivity contribution in [3.8, 4) is 11.5 Å². The van der Waals surface area contributed by atoms with Gasteiger partial charge in [-0.25, -0.2) is 0 Å². The Morgan fingerprint density at radius 2 is 1.97 bits per heavy atom. The number of nitrogens with one attached hydrogen (secondary N) is 4. The van der Waals surface area contributed by atoms with Crippen LogP contribution in [0, 0.1) is 5.92 Å².